The molecule has 116 valence electrons. The molecule has 1 aliphatic heterocycles. The molecule has 0 fully saturated rings. The summed E-state index contributed by atoms with van der Waals surface area (Å²) < 4.78 is 5.10. The van der Waals surface area contributed by atoms with Gasteiger partial charge in [-0.05, 0) is 37.1 Å². The molecule has 0 radical (unpaired) electrons. The van der Waals surface area contributed by atoms with E-state index in [0.29, 0.717) is 21.8 Å². The minimum atomic E-state index is -1.53. The molecule has 1 unspecified atom stereocenters. The summed E-state index contributed by atoms with van der Waals surface area (Å²) in [5.74, 6) is -0.418. The maximum absolute atomic E-state index is 12.2. The first kappa shape index (κ1) is 16.5. The Labute approximate surface area is 134 Å². The highest BCUT2D eigenvalue weighted by atomic mass is 32.1. The fourth-order valence-electron chi connectivity index (χ4n) is 2.28. The van der Waals surface area contributed by atoms with Crippen LogP contribution in [0.5, 0.6) is 0 Å². The molecule has 8 heteroatoms. The van der Waals surface area contributed by atoms with Gasteiger partial charge in [0.1, 0.15) is 0 Å². The topological polar surface area (TPSA) is 90.8 Å². The van der Waals surface area contributed by atoms with E-state index in [0.717, 1.165) is 5.56 Å². The van der Waals surface area contributed by atoms with Crippen molar-refractivity contribution in [2.24, 2.45) is 0 Å². The Morgan fingerprint density at radius 2 is 2.00 bits per heavy atom. The maximum Gasteiger partial charge on any atom is 0.488 e. The third kappa shape index (κ3) is 3.46. The molecule has 6 nitrogen and oxygen atoms in total. The molecule has 0 aliphatic carbocycles. The normalized spacial score (nSPS) is 17.6. The van der Waals surface area contributed by atoms with Gasteiger partial charge in [-0.15, -0.1) is 0 Å². The summed E-state index contributed by atoms with van der Waals surface area (Å²) in [5.41, 5.74) is 2.24. The summed E-state index contributed by atoms with van der Waals surface area (Å²) in [6.45, 7) is 3.79. The second-order valence-corrected chi connectivity index (χ2v) is 5.24. The highest BCUT2D eigenvalue weighted by Gasteiger charge is 2.30. The number of ether oxygens (including phenoxy) is 1. The summed E-state index contributed by atoms with van der Waals surface area (Å²) in [5, 5.41) is 24.7. The summed E-state index contributed by atoms with van der Waals surface area (Å²) in [7, 11) is -1.53. The Kier molecular flexibility index (Phi) is 5.17. The van der Waals surface area contributed by atoms with Crippen molar-refractivity contribution in [1.82, 2.24) is 10.6 Å². The van der Waals surface area contributed by atoms with Crippen molar-refractivity contribution in [1.29, 1.82) is 0 Å². The molecule has 1 heterocycles. The summed E-state index contributed by atoms with van der Waals surface area (Å²) in [6.07, 6.45) is 0. The Balaban J connectivity index is 2.38. The standard InChI is InChI=1S/C14H17BN2O4S/c1-3-21-13(18)11-8(2)16-14(22)17-12(11)9-4-6-10(7-5-9)15(19)20/h4-7,12,19-20H,3H2,1-2H3,(H2,16,17,22). The maximum atomic E-state index is 12.2. The minimum absolute atomic E-state index is 0.280. The van der Waals surface area contributed by atoms with Gasteiger partial charge in [-0.3, -0.25) is 0 Å². The van der Waals surface area contributed by atoms with E-state index in [1.165, 1.54) is 0 Å². The van der Waals surface area contributed by atoms with Gasteiger partial charge in [-0.25, -0.2) is 4.79 Å². The summed E-state index contributed by atoms with van der Waals surface area (Å²) >= 11 is 5.14. The van der Waals surface area contributed by atoms with Gasteiger partial charge in [0.25, 0.3) is 0 Å². The molecule has 0 aromatic heterocycles. The van der Waals surface area contributed by atoms with Crippen molar-refractivity contribution in [3.8, 4) is 0 Å². The number of carbonyl (C=O) groups excluding carboxylic acids is 1. The number of carbonyl (C=O) groups is 1. The van der Waals surface area contributed by atoms with Gasteiger partial charge < -0.3 is 25.4 Å². The van der Waals surface area contributed by atoms with E-state index in [1.54, 1.807) is 38.1 Å². The van der Waals surface area contributed by atoms with E-state index in [1.807, 2.05) is 0 Å². The summed E-state index contributed by atoms with van der Waals surface area (Å²) in [6, 6.07) is 6.16. The Morgan fingerprint density at radius 3 is 2.55 bits per heavy atom. The number of benzene rings is 1. The third-order valence-electron chi connectivity index (χ3n) is 3.33. The van der Waals surface area contributed by atoms with Crippen molar-refractivity contribution in [3.63, 3.8) is 0 Å². The first-order chi connectivity index (χ1) is 10.4. The molecule has 4 N–H and O–H groups in total. The molecule has 1 aromatic carbocycles. The van der Waals surface area contributed by atoms with E-state index >= 15 is 0 Å². The van der Waals surface area contributed by atoms with Crippen LogP contribution in [0.4, 0.5) is 0 Å². The Hall–Kier alpha value is -1.90. The predicted octanol–water partition coefficient (Wildman–Crippen LogP) is -0.278. The average molecular weight is 320 g/mol. The van der Waals surface area contributed by atoms with Crippen LogP contribution in [0.3, 0.4) is 0 Å². The van der Waals surface area contributed by atoms with Crippen LogP contribution in [0, 0.1) is 0 Å². The number of hydrogen-bond acceptors (Lipinski definition) is 5. The van der Waals surface area contributed by atoms with Crippen molar-refractivity contribution in [2.45, 2.75) is 19.9 Å². The van der Waals surface area contributed by atoms with Crippen LogP contribution in [0.2, 0.25) is 0 Å². The van der Waals surface area contributed by atoms with Crippen LogP contribution < -0.4 is 16.1 Å². The molecule has 1 aliphatic rings. The molecule has 1 atom stereocenters. The van der Waals surface area contributed by atoms with E-state index in [2.05, 4.69) is 10.6 Å². The van der Waals surface area contributed by atoms with Crippen LogP contribution in [0.1, 0.15) is 25.5 Å². The molecule has 0 saturated carbocycles. The highest BCUT2D eigenvalue weighted by Crippen LogP contribution is 2.27. The average Bonchev–Trinajstić information content (AvgIpc) is 2.46. The summed E-state index contributed by atoms with van der Waals surface area (Å²) in [4.78, 5) is 12.2. The van der Waals surface area contributed by atoms with Gasteiger partial charge in [0.2, 0.25) is 0 Å². The zero-order chi connectivity index (χ0) is 16.3. The number of thiocarbonyl (C=S) groups is 1. The molecule has 0 saturated heterocycles. The number of hydrogen-bond donors (Lipinski definition) is 4. The van der Waals surface area contributed by atoms with Crippen LogP contribution in [-0.4, -0.2) is 34.9 Å². The zero-order valence-electron chi connectivity index (χ0n) is 12.3. The molecule has 2 rings (SSSR count). The predicted molar refractivity (Wildman–Crippen MR) is 87.2 cm³/mol. The van der Waals surface area contributed by atoms with Gasteiger partial charge in [0, 0.05) is 5.70 Å². The molecular formula is C14H17BN2O4S. The fraction of sp³-hybridized carbons (Fsp3) is 0.286. The molecule has 0 spiro atoms. The lowest BCUT2D eigenvalue weighted by molar-refractivity contribution is -0.139. The van der Waals surface area contributed by atoms with Crippen LogP contribution >= 0.6 is 12.2 Å². The molecular weight excluding hydrogens is 303 g/mol. The third-order valence-corrected chi connectivity index (χ3v) is 3.55. The quantitative estimate of drug-likeness (QED) is 0.345. The second-order valence-electron chi connectivity index (χ2n) is 4.83. The molecule has 22 heavy (non-hydrogen) atoms. The van der Waals surface area contributed by atoms with E-state index in [9.17, 15) is 4.79 Å². The number of esters is 1. The van der Waals surface area contributed by atoms with Crippen molar-refractivity contribution < 1.29 is 19.6 Å². The van der Waals surface area contributed by atoms with Crippen LogP contribution in [0.15, 0.2) is 35.5 Å². The van der Waals surface area contributed by atoms with Gasteiger partial charge in [0.15, 0.2) is 5.11 Å². The van der Waals surface area contributed by atoms with Crippen molar-refractivity contribution in [2.75, 3.05) is 6.61 Å². The van der Waals surface area contributed by atoms with Gasteiger partial charge >= 0.3 is 13.1 Å². The smallest absolute Gasteiger partial charge is 0.463 e. The first-order valence-electron chi connectivity index (χ1n) is 6.85. The number of nitrogens with one attached hydrogen (secondary N) is 2. The van der Waals surface area contributed by atoms with Crippen LogP contribution in [-0.2, 0) is 9.53 Å². The zero-order valence-corrected chi connectivity index (χ0v) is 13.1. The number of rotatable bonds is 4. The largest absolute Gasteiger partial charge is 0.488 e. The molecule has 0 amide bonds. The Bertz CT molecular complexity index is 616. The van der Waals surface area contributed by atoms with Gasteiger partial charge in [-0.2, -0.15) is 0 Å². The van der Waals surface area contributed by atoms with Crippen molar-refractivity contribution in [3.05, 3.63) is 41.1 Å². The monoisotopic (exact) mass is 320 g/mol. The SMILES string of the molecule is CCOC(=O)C1=C(C)NC(=S)NC1c1ccc(B(O)O)cc1. The van der Waals surface area contributed by atoms with Crippen LogP contribution in [0.25, 0.3) is 0 Å². The lowest BCUT2D eigenvalue weighted by atomic mass is 9.79. The molecule has 0 bridgehead atoms. The van der Waals surface area contributed by atoms with E-state index < -0.39 is 19.1 Å². The van der Waals surface area contributed by atoms with E-state index in [4.69, 9.17) is 27.0 Å². The van der Waals surface area contributed by atoms with Crippen molar-refractivity contribution >= 4 is 35.9 Å². The number of allylic oxidation sites excluding steroid dienone is 1. The van der Waals surface area contributed by atoms with E-state index in [-0.39, 0.29) is 6.61 Å². The second kappa shape index (κ2) is 6.91. The highest BCUT2D eigenvalue weighted by molar-refractivity contribution is 7.80. The molecule has 1 aromatic rings. The minimum Gasteiger partial charge on any atom is -0.463 e. The van der Waals surface area contributed by atoms with Gasteiger partial charge in [0.05, 0.1) is 18.2 Å². The fourth-order valence-corrected chi connectivity index (χ4v) is 2.55. The first-order valence-corrected chi connectivity index (χ1v) is 7.26. The van der Waals surface area contributed by atoms with Gasteiger partial charge in [-0.1, -0.05) is 24.3 Å². The lowest BCUT2D eigenvalue weighted by Gasteiger charge is -2.29. The Morgan fingerprint density at radius 1 is 1.36 bits per heavy atom. The lowest BCUT2D eigenvalue weighted by Crippen LogP contribution is -2.45.